The number of ether oxygens (including phenoxy) is 1. The lowest BCUT2D eigenvalue weighted by molar-refractivity contribution is -0.0849. The first-order valence-corrected chi connectivity index (χ1v) is 7.79. The number of fused-ring (bicyclic) bond motifs is 3. The van der Waals surface area contributed by atoms with E-state index < -0.39 is 0 Å². The van der Waals surface area contributed by atoms with Crippen LogP contribution in [0.2, 0.25) is 0 Å². The van der Waals surface area contributed by atoms with Gasteiger partial charge in [-0.15, -0.1) is 0 Å². The fourth-order valence-electron chi connectivity index (χ4n) is 3.46. The van der Waals surface area contributed by atoms with E-state index in [-0.39, 0.29) is 12.1 Å². The number of benzene rings is 1. The Morgan fingerprint density at radius 3 is 2.57 bits per heavy atom. The highest BCUT2D eigenvalue weighted by molar-refractivity contribution is 5.27. The van der Waals surface area contributed by atoms with Crippen molar-refractivity contribution in [3.63, 3.8) is 0 Å². The van der Waals surface area contributed by atoms with Crippen LogP contribution in [0.3, 0.4) is 0 Å². The summed E-state index contributed by atoms with van der Waals surface area (Å²) in [5, 5.41) is 18.9. The molecule has 3 heterocycles. The summed E-state index contributed by atoms with van der Waals surface area (Å²) in [4.78, 5) is 2.35. The van der Waals surface area contributed by atoms with E-state index in [1.165, 1.54) is 0 Å². The number of nitrogens with zero attached hydrogens (tertiary/aromatic N) is 2. The average Bonchev–Trinajstić information content (AvgIpc) is 2.54. The highest BCUT2D eigenvalue weighted by Crippen LogP contribution is 2.32. The predicted molar refractivity (Wildman–Crippen MR) is 80.0 cm³/mol. The molecule has 0 radical (unpaired) electrons. The van der Waals surface area contributed by atoms with E-state index >= 15 is 0 Å². The lowest BCUT2D eigenvalue weighted by Crippen LogP contribution is -2.59. The molecule has 0 saturated carbocycles. The summed E-state index contributed by atoms with van der Waals surface area (Å²) in [5.41, 5.74) is 1.16. The van der Waals surface area contributed by atoms with Crippen LogP contribution < -0.4 is 4.74 Å². The van der Waals surface area contributed by atoms with Crippen LogP contribution in [0, 0.1) is 17.2 Å². The molecular formula is C17H22N2O2. The molecule has 1 N–H and O–H groups in total. The minimum absolute atomic E-state index is 0.135. The van der Waals surface area contributed by atoms with E-state index in [0.29, 0.717) is 18.9 Å². The molecule has 2 bridgehead atoms. The van der Waals surface area contributed by atoms with Crippen LogP contribution in [0.15, 0.2) is 24.3 Å². The molecule has 0 amide bonds. The van der Waals surface area contributed by atoms with Gasteiger partial charge in [0.2, 0.25) is 0 Å². The molecule has 3 aliphatic heterocycles. The van der Waals surface area contributed by atoms with Gasteiger partial charge in [0, 0.05) is 6.42 Å². The molecule has 21 heavy (non-hydrogen) atoms. The van der Waals surface area contributed by atoms with Crippen molar-refractivity contribution in [1.29, 1.82) is 5.26 Å². The number of aliphatic hydroxyl groups excluding tert-OH is 1. The summed E-state index contributed by atoms with van der Waals surface area (Å²) in [7, 11) is 0. The minimum atomic E-state index is -0.248. The lowest BCUT2D eigenvalue weighted by atomic mass is 9.81. The summed E-state index contributed by atoms with van der Waals surface area (Å²) in [6, 6.07) is 10.2. The average molecular weight is 286 g/mol. The maximum Gasteiger partial charge on any atom is 0.119 e. The number of rotatable bonds is 5. The van der Waals surface area contributed by atoms with Gasteiger partial charge in [-0.05, 0) is 56.0 Å². The molecule has 4 nitrogen and oxygen atoms in total. The Balaban J connectivity index is 1.54. The third kappa shape index (κ3) is 3.20. The number of nitriles is 1. The van der Waals surface area contributed by atoms with Crippen LogP contribution in [-0.2, 0) is 6.42 Å². The van der Waals surface area contributed by atoms with Gasteiger partial charge in [0.05, 0.1) is 18.2 Å². The zero-order valence-electron chi connectivity index (χ0n) is 12.2. The van der Waals surface area contributed by atoms with Gasteiger partial charge in [-0.3, -0.25) is 4.90 Å². The summed E-state index contributed by atoms with van der Waals surface area (Å²) >= 11 is 0. The van der Waals surface area contributed by atoms with Crippen molar-refractivity contribution in [3.8, 4) is 11.8 Å². The third-order valence-corrected chi connectivity index (χ3v) is 4.79. The molecule has 1 aromatic carbocycles. The minimum Gasteiger partial charge on any atom is -0.492 e. The topological polar surface area (TPSA) is 56.5 Å². The second kappa shape index (κ2) is 6.46. The maximum absolute atomic E-state index is 10.3. The number of hydrogen-bond acceptors (Lipinski definition) is 4. The van der Waals surface area contributed by atoms with Crippen molar-refractivity contribution in [2.24, 2.45) is 5.92 Å². The Morgan fingerprint density at radius 2 is 1.95 bits per heavy atom. The standard InChI is InChI=1S/C17H22N2O2/c18-9-1-2-13-3-5-15(6-4-13)21-12-16-17(20)14-7-10-19(16)11-8-14/h3-6,14,16-17,20H,1-2,7-8,10-12H2. The highest BCUT2D eigenvalue weighted by Gasteiger charge is 2.41. The molecule has 0 aromatic heterocycles. The zero-order valence-corrected chi connectivity index (χ0v) is 12.2. The fourth-order valence-corrected chi connectivity index (χ4v) is 3.46. The first kappa shape index (κ1) is 14.4. The van der Waals surface area contributed by atoms with Gasteiger partial charge < -0.3 is 9.84 Å². The van der Waals surface area contributed by atoms with E-state index in [9.17, 15) is 5.11 Å². The highest BCUT2D eigenvalue weighted by atomic mass is 16.5. The van der Waals surface area contributed by atoms with Crippen molar-refractivity contribution in [1.82, 2.24) is 4.90 Å². The second-order valence-corrected chi connectivity index (χ2v) is 6.04. The lowest BCUT2D eigenvalue weighted by Gasteiger charge is -2.48. The molecule has 4 heteroatoms. The Morgan fingerprint density at radius 1 is 1.24 bits per heavy atom. The first-order chi connectivity index (χ1) is 10.3. The van der Waals surface area contributed by atoms with E-state index in [4.69, 9.17) is 10.00 Å². The van der Waals surface area contributed by atoms with E-state index in [0.717, 1.165) is 43.7 Å². The smallest absolute Gasteiger partial charge is 0.119 e. The summed E-state index contributed by atoms with van der Waals surface area (Å²) < 4.78 is 5.86. The van der Waals surface area contributed by atoms with Gasteiger partial charge in [0.1, 0.15) is 12.4 Å². The summed E-state index contributed by atoms with van der Waals surface area (Å²) in [5.74, 6) is 1.29. The largest absolute Gasteiger partial charge is 0.492 e. The number of aliphatic hydroxyl groups is 1. The molecule has 2 atom stereocenters. The van der Waals surface area contributed by atoms with Gasteiger partial charge in [0.15, 0.2) is 0 Å². The Labute approximate surface area is 125 Å². The van der Waals surface area contributed by atoms with Gasteiger partial charge in [-0.25, -0.2) is 0 Å². The zero-order chi connectivity index (χ0) is 14.7. The first-order valence-electron chi connectivity index (χ1n) is 7.79. The SMILES string of the molecule is N#CCCc1ccc(OCC2C(O)C3CCN2CC3)cc1. The molecule has 112 valence electrons. The molecule has 3 aliphatic rings. The van der Waals surface area contributed by atoms with Crippen molar-refractivity contribution >= 4 is 0 Å². The van der Waals surface area contributed by atoms with Gasteiger partial charge in [-0.1, -0.05) is 12.1 Å². The van der Waals surface area contributed by atoms with Gasteiger partial charge in [-0.2, -0.15) is 5.26 Å². The second-order valence-electron chi connectivity index (χ2n) is 6.04. The van der Waals surface area contributed by atoms with Crippen molar-refractivity contribution < 1.29 is 9.84 Å². The Bertz CT molecular complexity index is 499. The van der Waals surface area contributed by atoms with E-state index in [1.807, 2.05) is 24.3 Å². The number of hydrogen-bond donors (Lipinski definition) is 1. The molecular weight excluding hydrogens is 264 g/mol. The Kier molecular flexibility index (Phi) is 4.42. The van der Waals surface area contributed by atoms with Crippen molar-refractivity contribution in [2.45, 2.75) is 37.8 Å². The summed E-state index contributed by atoms with van der Waals surface area (Å²) in [6.07, 6.45) is 3.32. The fraction of sp³-hybridized carbons (Fsp3) is 0.588. The maximum atomic E-state index is 10.3. The molecule has 4 rings (SSSR count). The van der Waals surface area contributed by atoms with Crippen LogP contribution in [0.5, 0.6) is 5.75 Å². The van der Waals surface area contributed by atoms with Crippen LogP contribution in [0.25, 0.3) is 0 Å². The number of piperidine rings is 3. The molecule has 3 saturated heterocycles. The van der Waals surface area contributed by atoms with E-state index in [2.05, 4.69) is 11.0 Å². The van der Waals surface area contributed by atoms with Gasteiger partial charge in [0.25, 0.3) is 0 Å². The molecule has 0 aliphatic carbocycles. The molecule has 3 fully saturated rings. The third-order valence-electron chi connectivity index (χ3n) is 4.79. The quantitative estimate of drug-likeness (QED) is 0.899. The van der Waals surface area contributed by atoms with Crippen LogP contribution in [0.4, 0.5) is 0 Å². The molecule has 2 unspecified atom stereocenters. The van der Waals surface area contributed by atoms with E-state index in [1.54, 1.807) is 0 Å². The normalized spacial score (nSPS) is 30.9. The van der Waals surface area contributed by atoms with Gasteiger partial charge >= 0.3 is 0 Å². The monoisotopic (exact) mass is 286 g/mol. The predicted octanol–water partition coefficient (Wildman–Crippen LogP) is 1.98. The van der Waals surface area contributed by atoms with Crippen molar-refractivity contribution in [3.05, 3.63) is 29.8 Å². The van der Waals surface area contributed by atoms with Crippen molar-refractivity contribution in [2.75, 3.05) is 19.7 Å². The number of aryl methyl sites for hydroxylation is 1. The van der Waals surface area contributed by atoms with Crippen LogP contribution in [0.1, 0.15) is 24.8 Å². The summed E-state index contributed by atoms with van der Waals surface area (Å²) in [6.45, 7) is 2.72. The molecule has 1 aromatic rings. The van der Waals surface area contributed by atoms with Crippen LogP contribution in [-0.4, -0.2) is 41.8 Å². The van der Waals surface area contributed by atoms with Crippen LogP contribution >= 0.6 is 0 Å². The molecule has 0 spiro atoms. The Hall–Kier alpha value is -1.57.